The molecule has 0 saturated heterocycles. The van der Waals surface area contributed by atoms with Crippen molar-refractivity contribution >= 4 is 0 Å². The van der Waals surface area contributed by atoms with Gasteiger partial charge >= 0.3 is 0 Å². The SMILES string of the molecule is CC(C)=CCC[C@@H](C)[C@H]1CC[C@H]2[C@@H]3CC=C4C[C@@H](O)CC[C@]4(C)[C@H]3CC[C@]12C.CC(C)[C@H](C)CC[C@@H](C)[C@H]1CC[C@H]2[C@@H]3CC=C4C[C@@H](O)CC[C@]4(C)[C@H]3CC[C@]12C.CC[C@H](CC[C@@H](C)[C@H]1CC[C@H]2[C@@H]3CC=C4C[C@@H](O)CC[C@]4(C)[C@H]3CC[C@]12C)C(C)C. The molecule has 87 heavy (non-hydrogen) atoms. The van der Waals surface area contributed by atoms with Gasteiger partial charge in [0.15, 0.2) is 0 Å². The molecule has 0 aromatic heterocycles. The van der Waals surface area contributed by atoms with Gasteiger partial charge in [0.25, 0.3) is 0 Å². The minimum atomic E-state index is -0.0813. The lowest BCUT2D eigenvalue weighted by Gasteiger charge is -2.58. The minimum absolute atomic E-state index is 0.0790. The second kappa shape index (κ2) is 27.3. The van der Waals surface area contributed by atoms with Gasteiger partial charge in [0, 0.05) is 0 Å². The van der Waals surface area contributed by atoms with Gasteiger partial charge in [0.2, 0.25) is 0 Å². The zero-order valence-electron chi connectivity index (χ0n) is 60.3. The predicted octanol–water partition coefficient (Wildman–Crippen LogP) is 23.0. The summed E-state index contributed by atoms with van der Waals surface area (Å²) in [6.07, 6.45) is 50.7. The van der Waals surface area contributed by atoms with Gasteiger partial charge in [0.05, 0.1) is 18.3 Å². The van der Waals surface area contributed by atoms with Gasteiger partial charge in [-0.3, -0.25) is 0 Å². The molecule has 12 aliphatic rings. The maximum absolute atomic E-state index is 10.2. The molecule has 0 radical (unpaired) electrons. The Kier molecular flexibility index (Phi) is 21.5. The van der Waals surface area contributed by atoms with Crippen LogP contribution < -0.4 is 0 Å². The van der Waals surface area contributed by atoms with Crippen molar-refractivity contribution in [2.24, 2.45) is 145 Å². The molecule has 0 amide bonds. The van der Waals surface area contributed by atoms with E-state index in [1.165, 1.54) is 166 Å². The van der Waals surface area contributed by atoms with Crippen molar-refractivity contribution in [1.29, 1.82) is 0 Å². The molecule has 12 aliphatic carbocycles. The molecule has 0 aromatic rings. The molecule has 0 bridgehead atoms. The van der Waals surface area contributed by atoms with Crippen LogP contribution >= 0.6 is 0 Å². The summed E-state index contributed by atoms with van der Waals surface area (Å²) >= 11 is 0. The van der Waals surface area contributed by atoms with Crippen LogP contribution in [-0.4, -0.2) is 33.6 Å². The molecule has 0 spiro atoms. The van der Waals surface area contributed by atoms with Gasteiger partial charge in [-0.05, 0) is 332 Å². The highest BCUT2D eigenvalue weighted by Gasteiger charge is 2.62. The van der Waals surface area contributed by atoms with Gasteiger partial charge in [-0.15, -0.1) is 0 Å². The first-order valence-electron chi connectivity index (χ1n) is 38.9. The van der Waals surface area contributed by atoms with Crippen molar-refractivity contribution in [1.82, 2.24) is 0 Å². The zero-order valence-corrected chi connectivity index (χ0v) is 60.3. The fourth-order valence-electron chi connectivity index (χ4n) is 26.4. The predicted molar refractivity (Wildman–Crippen MR) is 371 cm³/mol. The van der Waals surface area contributed by atoms with Crippen LogP contribution in [0.4, 0.5) is 0 Å². The third kappa shape index (κ3) is 13.1. The lowest BCUT2D eigenvalue weighted by molar-refractivity contribution is -0.0575. The van der Waals surface area contributed by atoms with Crippen LogP contribution in [0.25, 0.3) is 0 Å². The molecular formula is C84H142O3. The summed E-state index contributed by atoms with van der Waals surface area (Å²) in [5, 5.41) is 30.7. The lowest BCUT2D eigenvalue weighted by atomic mass is 9.47. The van der Waals surface area contributed by atoms with E-state index in [1.54, 1.807) is 16.7 Å². The summed E-state index contributed by atoms with van der Waals surface area (Å²) in [6.45, 7) is 42.4. The maximum atomic E-state index is 10.2. The zero-order chi connectivity index (χ0) is 62.8. The molecule has 0 aromatic carbocycles. The van der Waals surface area contributed by atoms with E-state index in [4.69, 9.17) is 0 Å². The quantitative estimate of drug-likeness (QED) is 0.143. The molecular weight excluding hydrogens is 1060 g/mol. The minimum Gasteiger partial charge on any atom is -0.393 e. The van der Waals surface area contributed by atoms with Gasteiger partial charge in [-0.2, -0.15) is 0 Å². The monoisotopic (exact) mass is 1200 g/mol. The van der Waals surface area contributed by atoms with Crippen LogP contribution in [0.3, 0.4) is 0 Å². The van der Waals surface area contributed by atoms with E-state index in [0.717, 1.165) is 151 Å². The summed E-state index contributed by atoms with van der Waals surface area (Å²) in [4.78, 5) is 0. The van der Waals surface area contributed by atoms with Crippen LogP contribution in [0.5, 0.6) is 0 Å². The molecule has 3 N–H and O–H groups in total. The molecule has 496 valence electrons. The fourth-order valence-corrected chi connectivity index (χ4v) is 26.4. The van der Waals surface area contributed by atoms with Gasteiger partial charge in [-0.25, -0.2) is 0 Å². The van der Waals surface area contributed by atoms with Crippen molar-refractivity contribution in [3.63, 3.8) is 0 Å². The van der Waals surface area contributed by atoms with E-state index >= 15 is 0 Å². The van der Waals surface area contributed by atoms with Crippen molar-refractivity contribution in [2.45, 2.75) is 335 Å². The topological polar surface area (TPSA) is 60.7 Å². The van der Waals surface area contributed by atoms with E-state index in [-0.39, 0.29) is 18.3 Å². The van der Waals surface area contributed by atoms with Crippen LogP contribution in [0, 0.1) is 145 Å². The molecule has 0 heterocycles. The van der Waals surface area contributed by atoms with E-state index < -0.39 is 0 Å². The van der Waals surface area contributed by atoms with Crippen molar-refractivity contribution < 1.29 is 15.3 Å². The Morgan fingerprint density at radius 1 is 0.425 bits per heavy atom. The molecule has 9 fully saturated rings. The Hall–Kier alpha value is -1.16. The molecule has 3 heteroatoms. The largest absolute Gasteiger partial charge is 0.393 e. The summed E-state index contributed by atoms with van der Waals surface area (Å²) in [5.41, 5.74) is 9.21. The molecule has 12 rings (SSSR count). The highest BCUT2D eigenvalue weighted by Crippen LogP contribution is 2.71. The average Bonchev–Trinajstić information content (AvgIpc) is 1.73. The van der Waals surface area contributed by atoms with Crippen LogP contribution in [-0.2, 0) is 0 Å². The van der Waals surface area contributed by atoms with Crippen molar-refractivity contribution in [3.8, 4) is 0 Å². The van der Waals surface area contributed by atoms with E-state index in [0.29, 0.717) is 32.5 Å². The third-order valence-electron chi connectivity index (χ3n) is 32.4. The van der Waals surface area contributed by atoms with Crippen molar-refractivity contribution in [3.05, 3.63) is 46.6 Å². The van der Waals surface area contributed by atoms with E-state index in [1.807, 2.05) is 0 Å². The number of hydrogen-bond donors (Lipinski definition) is 3. The number of fused-ring (bicyclic) bond motifs is 15. The third-order valence-corrected chi connectivity index (χ3v) is 32.4. The number of hydrogen-bond acceptors (Lipinski definition) is 3. The van der Waals surface area contributed by atoms with Gasteiger partial charge < -0.3 is 15.3 Å². The maximum Gasteiger partial charge on any atom is 0.0577 e. The van der Waals surface area contributed by atoms with Crippen LogP contribution in [0.2, 0.25) is 0 Å². The molecule has 3 nitrogen and oxygen atoms in total. The van der Waals surface area contributed by atoms with Crippen LogP contribution in [0.15, 0.2) is 46.6 Å². The van der Waals surface area contributed by atoms with Crippen molar-refractivity contribution in [2.75, 3.05) is 0 Å². The fraction of sp³-hybridized carbons (Fsp3) is 0.905. The highest BCUT2D eigenvalue weighted by molar-refractivity contribution is 5.28. The number of aliphatic hydroxyl groups is 3. The molecule has 9 saturated carbocycles. The average molecular weight is 1200 g/mol. The Labute approximate surface area is 539 Å². The lowest BCUT2D eigenvalue weighted by Crippen LogP contribution is -2.50. The molecule has 26 atom stereocenters. The first-order chi connectivity index (χ1) is 41.1. The summed E-state index contributed by atoms with van der Waals surface area (Å²) < 4.78 is 0. The van der Waals surface area contributed by atoms with Crippen LogP contribution in [0.1, 0.15) is 317 Å². The second-order valence-electron chi connectivity index (χ2n) is 37.2. The standard InChI is InChI=1S/C29H50O.C28H48O.C27H44O/c1-7-21(19(2)3)9-8-20(4)25-12-13-26-24-11-10-22-18-23(30)14-16-28(22,5)27(24)15-17-29(25,26)6;1-18(2)19(3)7-8-20(4)24-11-12-25-23-10-9-21-17-22(29)13-15-27(21,5)26(23)14-16-28(24,25)6;1-18(2)7-6-8-19(3)23-11-12-24-22-10-9-20-17-21(28)13-15-26(20,4)25(22)14-16-27(23,24)5/h10,19-21,23-27,30H,7-9,11-18H2,1-6H3;9,18-20,22-26,29H,7-8,10-17H2,1-6H3;7,9,19,21-25,28H,6,8,10-17H2,1-5H3/t20-,21-,23+,24+,25-,26+,27+,28+,29-;19-,20-,22+,23+,24-,25+,26+,27+,28-;19-,21+,22+,23-,24+,25+,26+,27-/m111/s1. The Morgan fingerprint density at radius 2 is 0.770 bits per heavy atom. The second-order valence-corrected chi connectivity index (χ2v) is 37.2. The summed E-state index contributed by atoms with van der Waals surface area (Å²) in [5.74, 6) is 17.0. The number of rotatable bonds is 15. The Morgan fingerprint density at radius 3 is 1.09 bits per heavy atom. The molecule has 0 aliphatic heterocycles. The summed E-state index contributed by atoms with van der Waals surface area (Å²) in [7, 11) is 0. The number of allylic oxidation sites excluding steroid dienone is 5. The first-order valence-corrected chi connectivity index (χ1v) is 38.9. The number of aliphatic hydroxyl groups excluding tert-OH is 3. The Bertz CT molecular complexity index is 2420. The molecule has 0 unspecified atom stereocenters. The highest BCUT2D eigenvalue weighted by atomic mass is 16.3. The summed E-state index contributed by atoms with van der Waals surface area (Å²) in [6, 6.07) is 0. The van der Waals surface area contributed by atoms with E-state index in [9.17, 15) is 15.3 Å². The smallest absolute Gasteiger partial charge is 0.0577 e. The normalized spacial score (nSPS) is 46.0. The van der Waals surface area contributed by atoms with Gasteiger partial charge in [-0.1, -0.05) is 176 Å². The first kappa shape index (κ1) is 68.7. The Balaban J connectivity index is 0.000000145. The van der Waals surface area contributed by atoms with E-state index in [2.05, 4.69) is 142 Å². The van der Waals surface area contributed by atoms with Gasteiger partial charge in [0.1, 0.15) is 0 Å².